The van der Waals surface area contributed by atoms with Crippen LogP contribution in [0.3, 0.4) is 0 Å². The molecule has 0 radical (unpaired) electrons. The Morgan fingerprint density at radius 1 is 1.25 bits per heavy atom. The molecule has 2 aromatic rings. The number of fused-ring (bicyclic) bond motifs is 1. The SMILES string of the molecule is CC(C)(O)C(C)(C)OB(O)c1cc(F)cc2[nH]ccc12. The molecule has 6 heteroatoms. The third kappa shape index (κ3) is 2.72. The van der Waals surface area contributed by atoms with Gasteiger partial charge in [0.15, 0.2) is 0 Å². The molecule has 0 saturated heterocycles. The second-order valence-corrected chi connectivity index (χ2v) is 5.97. The maximum absolute atomic E-state index is 13.6. The van der Waals surface area contributed by atoms with Gasteiger partial charge < -0.3 is 19.8 Å². The van der Waals surface area contributed by atoms with Crippen molar-refractivity contribution in [1.29, 1.82) is 0 Å². The van der Waals surface area contributed by atoms with Crippen molar-refractivity contribution in [3.63, 3.8) is 0 Å². The van der Waals surface area contributed by atoms with Gasteiger partial charge in [0.05, 0.1) is 11.2 Å². The van der Waals surface area contributed by atoms with Crippen LogP contribution >= 0.6 is 0 Å². The largest absolute Gasteiger partial charge is 0.492 e. The fourth-order valence-electron chi connectivity index (χ4n) is 1.85. The minimum absolute atomic E-state index is 0.332. The molecule has 0 atom stereocenters. The maximum Gasteiger partial charge on any atom is 0.492 e. The number of benzene rings is 1. The lowest BCUT2D eigenvalue weighted by Gasteiger charge is -2.38. The van der Waals surface area contributed by atoms with Gasteiger partial charge >= 0.3 is 7.12 Å². The van der Waals surface area contributed by atoms with Gasteiger partial charge in [0.25, 0.3) is 0 Å². The van der Waals surface area contributed by atoms with E-state index >= 15 is 0 Å². The molecule has 4 nitrogen and oxygen atoms in total. The fourth-order valence-corrected chi connectivity index (χ4v) is 1.85. The van der Waals surface area contributed by atoms with Crippen molar-refractivity contribution >= 4 is 23.5 Å². The molecule has 0 aliphatic heterocycles. The number of aromatic amines is 1. The number of hydrogen-bond donors (Lipinski definition) is 3. The van der Waals surface area contributed by atoms with E-state index in [0.29, 0.717) is 16.4 Å². The average molecular weight is 279 g/mol. The Kier molecular flexibility index (Phi) is 3.66. The summed E-state index contributed by atoms with van der Waals surface area (Å²) in [7, 11) is -1.33. The Bertz CT molecular complexity index is 618. The van der Waals surface area contributed by atoms with Gasteiger partial charge in [-0.15, -0.1) is 0 Å². The first-order valence-electron chi connectivity index (χ1n) is 6.46. The van der Waals surface area contributed by atoms with Crippen LogP contribution in [0.4, 0.5) is 4.39 Å². The van der Waals surface area contributed by atoms with Gasteiger partial charge in [0, 0.05) is 11.7 Å². The summed E-state index contributed by atoms with van der Waals surface area (Å²) in [4.78, 5) is 2.89. The van der Waals surface area contributed by atoms with Crippen LogP contribution in [0.2, 0.25) is 0 Å². The van der Waals surface area contributed by atoms with E-state index in [1.165, 1.54) is 12.1 Å². The van der Waals surface area contributed by atoms with Crippen LogP contribution in [0.25, 0.3) is 10.9 Å². The molecule has 3 N–H and O–H groups in total. The molecule has 2 rings (SSSR count). The number of aliphatic hydroxyl groups is 1. The summed E-state index contributed by atoms with van der Waals surface area (Å²) in [6.07, 6.45) is 1.67. The van der Waals surface area contributed by atoms with E-state index < -0.39 is 24.1 Å². The molecule has 0 aliphatic carbocycles. The van der Waals surface area contributed by atoms with Crippen LogP contribution in [0, 0.1) is 5.82 Å². The summed E-state index contributed by atoms with van der Waals surface area (Å²) < 4.78 is 19.1. The highest BCUT2D eigenvalue weighted by Crippen LogP contribution is 2.26. The molecule has 0 unspecified atom stereocenters. The monoisotopic (exact) mass is 279 g/mol. The summed E-state index contributed by atoms with van der Waals surface area (Å²) in [5.74, 6) is -0.460. The predicted molar refractivity (Wildman–Crippen MR) is 77.3 cm³/mol. The molecule has 1 aromatic heterocycles. The van der Waals surface area contributed by atoms with E-state index in [2.05, 4.69) is 4.98 Å². The Balaban J connectivity index is 2.37. The lowest BCUT2D eigenvalue weighted by molar-refractivity contribution is -0.0982. The second-order valence-electron chi connectivity index (χ2n) is 5.97. The highest BCUT2D eigenvalue weighted by Gasteiger charge is 2.40. The first kappa shape index (κ1) is 15.0. The molecule has 108 valence electrons. The number of rotatable bonds is 4. The zero-order valence-corrected chi connectivity index (χ0v) is 12.1. The van der Waals surface area contributed by atoms with Crippen molar-refractivity contribution in [3.05, 3.63) is 30.2 Å². The first-order valence-corrected chi connectivity index (χ1v) is 6.46. The van der Waals surface area contributed by atoms with Crippen molar-refractivity contribution in [2.75, 3.05) is 0 Å². The summed E-state index contributed by atoms with van der Waals surface area (Å²) in [6, 6.07) is 4.34. The van der Waals surface area contributed by atoms with Gasteiger partial charge in [-0.1, -0.05) is 0 Å². The summed E-state index contributed by atoms with van der Waals surface area (Å²) in [6.45, 7) is 6.53. The molecular formula is C14H19BFNO3. The van der Waals surface area contributed by atoms with Crippen molar-refractivity contribution in [2.24, 2.45) is 0 Å². The number of hydrogen-bond acceptors (Lipinski definition) is 3. The van der Waals surface area contributed by atoms with E-state index in [-0.39, 0.29) is 0 Å². The van der Waals surface area contributed by atoms with E-state index in [9.17, 15) is 14.5 Å². The minimum Gasteiger partial charge on any atom is -0.423 e. The van der Waals surface area contributed by atoms with Gasteiger partial charge in [0.1, 0.15) is 5.82 Å². The number of H-pyrrole nitrogens is 1. The predicted octanol–water partition coefficient (Wildman–Crippen LogP) is 1.56. The Morgan fingerprint density at radius 2 is 1.90 bits per heavy atom. The fraction of sp³-hybridized carbons (Fsp3) is 0.429. The van der Waals surface area contributed by atoms with Gasteiger partial charge in [-0.05, 0) is 56.7 Å². The molecule has 0 bridgehead atoms. The number of halogens is 1. The third-order valence-electron chi connectivity index (χ3n) is 3.81. The molecule has 0 amide bonds. The standard InChI is InChI=1S/C14H19BFNO3/c1-13(2,18)14(3,4)20-15(19)11-7-9(16)8-12-10(11)5-6-17-12/h5-8,17-19H,1-4H3. The smallest absolute Gasteiger partial charge is 0.423 e. The lowest BCUT2D eigenvalue weighted by Crippen LogP contribution is -2.53. The van der Waals surface area contributed by atoms with Gasteiger partial charge in [0.2, 0.25) is 0 Å². The normalized spacial score (nSPS) is 12.9. The number of nitrogens with one attached hydrogen (secondary N) is 1. The molecule has 1 aromatic carbocycles. The van der Waals surface area contributed by atoms with Crippen molar-refractivity contribution < 1.29 is 19.2 Å². The Hall–Kier alpha value is -1.37. The molecule has 1 heterocycles. The van der Waals surface area contributed by atoms with E-state index in [1.54, 1.807) is 40.0 Å². The van der Waals surface area contributed by atoms with Crippen LogP contribution in [0.15, 0.2) is 24.4 Å². The van der Waals surface area contributed by atoms with Crippen molar-refractivity contribution in [3.8, 4) is 0 Å². The van der Waals surface area contributed by atoms with E-state index in [0.717, 1.165) is 0 Å². The van der Waals surface area contributed by atoms with Crippen LogP contribution in [-0.4, -0.2) is 33.4 Å². The molecule has 0 fully saturated rings. The van der Waals surface area contributed by atoms with E-state index in [4.69, 9.17) is 4.65 Å². The zero-order valence-electron chi connectivity index (χ0n) is 12.1. The van der Waals surface area contributed by atoms with Crippen LogP contribution in [-0.2, 0) is 4.65 Å². The highest BCUT2D eigenvalue weighted by atomic mass is 19.1. The Labute approximate surface area is 117 Å². The Morgan fingerprint density at radius 3 is 2.50 bits per heavy atom. The second kappa shape index (κ2) is 4.88. The summed E-state index contributed by atoms with van der Waals surface area (Å²) in [5, 5.41) is 21.0. The summed E-state index contributed by atoms with van der Waals surface area (Å²) in [5.41, 5.74) is -1.23. The molecule has 0 saturated carbocycles. The van der Waals surface area contributed by atoms with Gasteiger partial charge in [-0.3, -0.25) is 0 Å². The van der Waals surface area contributed by atoms with Crippen LogP contribution in [0.5, 0.6) is 0 Å². The van der Waals surface area contributed by atoms with E-state index in [1.807, 2.05) is 0 Å². The summed E-state index contributed by atoms with van der Waals surface area (Å²) >= 11 is 0. The third-order valence-corrected chi connectivity index (χ3v) is 3.81. The average Bonchev–Trinajstić information content (AvgIpc) is 2.73. The van der Waals surface area contributed by atoms with Gasteiger partial charge in [-0.25, -0.2) is 4.39 Å². The first-order chi connectivity index (χ1) is 9.12. The molecule has 20 heavy (non-hydrogen) atoms. The molecule has 0 aliphatic rings. The van der Waals surface area contributed by atoms with Crippen molar-refractivity contribution in [2.45, 2.75) is 38.9 Å². The lowest BCUT2D eigenvalue weighted by atomic mass is 9.75. The van der Waals surface area contributed by atoms with Gasteiger partial charge in [-0.2, -0.15) is 0 Å². The van der Waals surface area contributed by atoms with Crippen LogP contribution < -0.4 is 5.46 Å². The maximum atomic E-state index is 13.6. The quantitative estimate of drug-likeness (QED) is 0.744. The topological polar surface area (TPSA) is 65.5 Å². The number of aromatic nitrogens is 1. The van der Waals surface area contributed by atoms with Crippen molar-refractivity contribution in [1.82, 2.24) is 4.98 Å². The molecule has 0 spiro atoms. The minimum atomic E-state index is -1.33. The highest BCUT2D eigenvalue weighted by molar-refractivity contribution is 6.63. The zero-order chi connectivity index (χ0) is 15.1. The molecular weight excluding hydrogens is 260 g/mol. The van der Waals surface area contributed by atoms with Crippen LogP contribution in [0.1, 0.15) is 27.7 Å².